The highest BCUT2D eigenvalue weighted by Gasteiger charge is 2.20. The maximum atomic E-state index is 12.7. The van der Waals surface area contributed by atoms with E-state index in [-0.39, 0.29) is 21.5 Å². The van der Waals surface area contributed by atoms with Crippen molar-refractivity contribution in [1.82, 2.24) is 5.32 Å². The molecule has 140 valence electrons. The van der Waals surface area contributed by atoms with Crippen LogP contribution in [0, 0.1) is 0 Å². The lowest BCUT2D eigenvalue weighted by Crippen LogP contribution is -2.29. The molecule has 2 aromatic carbocycles. The molecular weight excluding hydrogens is 417 g/mol. The van der Waals surface area contributed by atoms with Gasteiger partial charge in [0.05, 0.1) is 31.6 Å². The minimum absolute atomic E-state index is 0.0358. The van der Waals surface area contributed by atoms with E-state index in [9.17, 15) is 13.2 Å². The van der Waals surface area contributed by atoms with E-state index in [2.05, 4.69) is 5.32 Å². The fraction of sp³-hybridized carbons (Fsp3) is 0.278. The molecule has 0 saturated carbocycles. The predicted molar refractivity (Wildman–Crippen MR) is 106 cm³/mol. The van der Waals surface area contributed by atoms with Gasteiger partial charge >= 0.3 is 0 Å². The molecule has 1 atom stereocenters. The quantitative estimate of drug-likeness (QED) is 0.669. The minimum atomic E-state index is -3.45. The second kappa shape index (κ2) is 8.61. The fourth-order valence-corrected chi connectivity index (χ4v) is 3.64. The van der Waals surface area contributed by atoms with Crippen LogP contribution < -0.4 is 5.32 Å². The molecule has 1 N–H and O–H groups in total. The van der Waals surface area contributed by atoms with E-state index in [1.54, 1.807) is 18.2 Å². The number of carbonyl (C=O) groups excluding carboxylic acids is 1. The zero-order chi connectivity index (χ0) is 19.5. The summed E-state index contributed by atoms with van der Waals surface area (Å²) in [5.41, 5.74) is 0.917. The van der Waals surface area contributed by atoms with Crippen molar-refractivity contribution in [2.45, 2.75) is 30.7 Å². The van der Waals surface area contributed by atoms with Crippen molar-refractivity contribution < 1.29 is 13.2 Å². The van der Waals surface area contributed by atoms with E-state index >= 15 is 0 Å². The Bertz CT molecular complexity index is 929. The number of sulfone groups is 1. The van der Waals surface area contributed by atoms with Crippen LogP contribution in [0.4, 0.5) is 0 Å². The maximum Gasteiger partial charge on any atom is 0.253 e. The SMILES string of the molecule is CCCC(NC(=O)c1cc(S(C)(=O)=O)ccc1Cl)c1ccc(Cl)c(Cl)c1. The van der Waals surface area contributed by atoms with Crippen molar-refractivity contribution in [1.29, 1.82) is 0 Å². The van der Waals surface area contributed by atoms with Crippen LogP contribution in [0.1, 0.15) is 41.7 Å². The maximum absolute atomic E-state index is 12.7. The Morgan fingerprint density at radius 1 is 1.04 bits per heavy atom. The van der Waals surface area contributed by atoms with E-state index < -0.39 is 15.7 Å². The van der Waals surface area contributed by atoms with E-state index in [0.29, 0.717) is 16.5 Å². The summed E-state index contributed by atoms with van der Waals surface area (Å²) in [4.78, 5) is 12.7. The Morgan fingerprint density at radius 3 is 2.27 bits per heavy atom. The molecule has 2 aromatic rings. The zero-order valence-corrected chi connectivity index (χ0v) is 17.3. The third-order valence-corrected chi connectivity index (χ3v) is 6.02. The van der Waals surface area contributed by atoms with Gasteiger partial charge in [0.15, 0.2) is 9.84 Å². The minimum Gasteiger partial charge on any atom is -0.345 e. The van der Waals surface area contributed by atoms with Gasteiger partial charge in [-0.1, -0.05) is 54.2 Å². The number of carbonyl (C=O) groups is 1. The molecule has 8 heteroatoms. The number of hydrogen-bond donors (Lipinski definition) is 1. The summed E-state index contributed by atoms with van der Waals surface area (Å²) in [5, 5.41) is 3.91. The summed E-state index contributed by atoms with van der Waals surface area (Å²) in [5.74, 6) is -0.454. The zero-order valence-electron chi connectivity index (χ0n) is 14.2. The van der Waals surface area contributed by atoms with Gasteiger partial charge in [-0.25, -0.2) is 8.42 Å². The molecule has 0 aromatic heterocycles. The number of amides is 1. The highest BCUT2D eigenvalue weighted by atomic mass is 35.5. The highest BCUT2D eigenvalue weighted by molar-refractivity contribution is 7.90. The number of rotatable bonds is 6. The van der Waals surface area contributed by atoms with Gasteiger partial charge in [0.25, 0.3) is 5.91 Å². The van der Waals surface area contributed by atoms with Crippen LogP contribution >= 0.6 is 34.8 Å². The Morgan fingerprint density at radius 2 is 1.69 bits per heavy atom. The monoisotopic (exact) mass is 433 g/mol. The van der Waals surface area contributed by atoms with E-state index in [0.717, 1.165) is 18.2 Å². The topological polar surface area (TPSA) is 63.2 Å². The van der Waals surface area contributed by atoms with Crippen LogP contribution in [0.3, 0.4) is 0 Å². The van der Waals surface area contributed by atoms with Crippen molar-refractivity contribution in [2.75, 3.05) is 6.26 Å². The molecule has 0 bridgehead atoms. The van der Waals surface area contributed by atoms with Crippen LogP contribution in [0.25, 0.3) is 0 Å². The van der Waals surface area contributed by atoms with Gasteiger partial charge < -0.3 is 5.32 Å². The van der Waals surface area contributed by atoms with E-state index in [1.807, 2.05) is 6.92 Å². The summed E-state index contributed by atoms with van der Waals surface area (Å²) >= 11 is 18.1. The third-order valence-electron chi connectivity index (χ3n) is 3.84. The van der Waals surface area contributed by atoms with Crippen LogP contribution in [-0.2, 0) is 9.84 Å². The Balaban J connectivity index is 2.34. The van der Waals surface area contributed by atoms with Crippen molar-refractivity contribution >= 4 is 50.5 Å². The molecule has 0 aliphatic carbocycles. The van der Waals surface area contributed by atoms with Crippen molar-refractivity contribution in [3.05, 3.63) is 62.6 Å². The van der Waals surface area contributed by atoms with Gasteiger partial charge in [0.2, 0.25) is 0 Å². The van der Waals surface area contributed by atoms with Gasteiger partial charge in [-0.3, -0.25) is 4.79 Å². The van der Waals surface area contributed by atoms with Crippen LogP contribution in [-0.4, -0.2) is 20.6 Å². The smallest absolute Gasteiger partial charge is 0.253 e. The van der Waals surface area contributed by atoms with Crippen molar-refractivity contribution in [3.8, 4) is 0 Å². The largest absolute Gasteiger partial charge is 0.345 e. The van der Waals surface area contributed by atoms with Crippen LogP contribution in [0.2, 0.25) is 15.1 Å². The lowest BCUT2D eigenvalue weighted by molar-refractivity contribution is 0.0934. The summed E-state index contributed by atoms with van der Waals surface area (Å²) in [6.07, 6.45) is 2.57. The number of halogens is 3. The molecule has 4 nitrogen and oxygen atoms in total. The molecule has 1 unspecified atom stereocenters. The molecule has 0 fully saturated rings. The first kappa shape index (κ1) is 21.0. The molecule has 0 aliphatic heterocycles. The second-order valence-corrected chi connectivity index (χ2v) is 9.14. The Hall–Kier alpha value is -1.27. The van der Waals surface area contributed by atoms with Gasteiger partial charge in [-0.05, 0) is 42.3 Å². The number of nitrogens with one attached hydrogen (secondary N) is 1. The van der Waals surface area contributed by atoms with Crippen molar-refractivity contribution in [2.24, 2.45) is 0 Å². The summed E-state index contributed by atoms with van der Waals surface area (Å²) < 4.78 is 23.5. The number of hydrogen-bond acceptors (Lipinski definition) is 3. The van der Waals surface area contributed by atoms with Crippen molar-refractivity contribution in [3.63, 3.8) is 0 Å². The predicted octanol–water partition coefficient (Wildman–Crippen LogP) is 5.32. The Kier molecular flexibility index (Phi) is 6.97. The summed E-state index contributed by atoms with van der Waals surface area (Å²) in [6.45, 7) is 1.99. The standard InChI is InChI=1S/C18H18Cl3NO3S/c1-3-4-17(11-5-7-15(20)16(21)9-11)22-18(23)13-10-12(26(2,24)25)6-8-14(13)19/h5-10,17H,3-4H2,1-2H3,(H,22,23). The first-order chi connectivity index (χ1) is 12.1. The number of benzene rings is 2. The normalized spacial score (nSPS) is 12.7. The lowest BCUT2D eigenvalue weighted by atomic mass is 10.0. The summed E-state index contributed by atoms with van der Waals surface area (Å²) in [6, 6.07) is 8.93. The van der Waals surface area contributed by atoms with Gasteiger partial charge in [0, 0.05) is 6.26 Å². The molecule has 2 rings (SSSR count). The Labute approximate surface area is 168 Å². The molecule has 0 heterocycles. The van der Waals surface area contributed by atoms with Gasteiger partial charge in [-0.2, -0.15) is 0 Å². The van der Waals surface area contributed by atoms with Gasteiger partial charge in [-0.15, -0.1) is 0 Å². The van der Waals surface area contributed by atoms with Gasteiger partial charge in [0.1, 0.15) is 0 Å². The molecule has 0 radical (unpaired) electrons. The third kappa shape index (κ3) is 5.13. The first-order valence-electron chi connectivity index (χ1n) is 7.89. The molecule has 0 spiro atoms. The molecule has 26 heavy (non-hydrogen) atoms. The van der Waals surface area contributed by atoms with E-state index in [4.69, 9.17) is 34.8 Å². The first-order valence-corrected chi connectivity index (χ1v) is 10.9. The average molecular weight is 435 g/mol. The molecule has 0 saturated heterocycles. The highest BCUT2D eigenvalue weighted by Crippen LogP contribution is 2.28. The molecular formula is C18H18Cl3NO3S. The van der Waals surface area contributed by atoms with Crippen LogP contribution in [0.5, 0.6) is 0 Å². The lowest BCUT2D eigenvalue weighted by Gasteiger charge is -2.20. The van der Waals surface area contributed by atoms with Crippen LogP contribution in [0.15, 0.2) is 41.3 Å². The molecule has 0 aliphatic rings. The van der Waals surface area contributed by atoms with E-state index in [1.165, 1.54) is 18.2 Å². The molecule has 1 amide bonds. The second-order valence-electron chi connectivity index (χ2n) is 5.90. The average Bonchev–Trinajstić information content (AvgIpc) is 2.56. The fourth-order valence-electron chi connectivity index (χ4n) is 2.48. The summed E-state index contributed by atoms with van der Waals surface area (Å²) in [7, 11) is -3.45.